The summed E-state index contributed by atoms with van der Waals surface area (Å²) in [5.74, 6) is 0.911. The van der Waals surface area contributed by atoms with Gasteiger partial charge in [0.05, 0.1) is 33.1 Å². The smallest absolute Gasteiger partial charge is 0.137 e. The Morgan fingerprint density at radius 3 is 1.42 bits per heavy atom. The molecule has 0 saturated heterocycles. The maximum absolute atomic E-state index is 4.77. The summed E-state index contributed by atoms with van der Waals surface area (Å²) in [6, 6.07) is 72.6. The van der Waals surface area contributed by atoms with Gasteiger partial charge in [0.15, 0.2) is 0 Å². The number of hydrogen-bond donors (Lipinski definition) is 0. The normalized spacial score (nSPS) is 11.9. The molecule has 0 aliphatic carbocycles. The molecular weight excluding hydrogens is 693 g/mol. The summed E-state index contributed by atoms with van der Waals surface area (Å²) in [6.07, 6.45) is 1.87. The van der Waals surface area contributed by atoms with Gasteiger partial charge in [0, 0.05) is 55.5 Å². The summed E-state index contributed by atoms with van der Waals surface area (Å²) in [4.78, 5) is 4.77. The standard InChI is InChI=1S/C53H34N4/c1-3-15-38(16-4-1)55-47-22-10-7-19-40(47)44-31-35(26-28-50(44)55)37-33-43(53-46(34-37)42-21-9-11-23-48(42)56(53)39-17-5-2-6-18-39)36-27-29-51-45(32-36)41-20-8-12-24-49(41)57(51)52-25-13-14-30-54-52/h1-34H. The second kappa shape index (κ2) is 12.4. The molecule has 4 heteroatoms. The number of para-hydroxylation sites is 5. The lowest BCUT2D eigenvalue weighted by Crippen LogP contribution is -1.97. The molecule has 57 heavy (non-hydrogen) atoms. The average Bonchev–Trinajstić information content (AvgIpc) is 3.92. The van der Waals surface area contributed by atoms with Crippen LogP contribution in [0.25, 0.3) is 105 Å². The molecule has 0 atom stereocenters. The Balaban J connectivity index is 1.16. The van der Waals surface area contributed by atoms with Crippen molar-refractivity contribution in [3.05, 3.63) is 206 Å². The van der Waals surface area contributed by atoms with Gasteiger partial charge in [0.25, 0.3) is 0 Å². The summed E-state index contributed by atoms with van der Waals surface area (Å²) in [5.41, 5.74) is 14.1. The van der Waals surface area contributed by atoms with Crippen LogP contribution >= 0.6 is 0 Å². The van der Waals surface area contributed by atoms with Crippen molar-refractivity contribution in [1.82, 2.24) is 18.7 Å². The monoisotopic (exact) mass is 726 g/mol. The van der Waals surface area contributed by atoms with Crippen molar-refractivity contribution in [2.45, 2.75) is 0 Å². The fraction of sp³-hybridized carbons (Fsp3) is 0. The van der Waals surface area contributed by atoms with E-state index < -0.39 is 0 Å². The maximum Gasteiger partial charge on any atom is 0.137 e. The molecule has 0 saturated carbocycles. The molecule has 0 bridgehead atoms. The van der Waals surface area contributed by atoms with Gasteiger partial charge >= 0.3 is 0 Å². The molecule has 0 N–H and O–H groups in total. The molecule has 8 aromatic carbocycles. The van der Waals surface area contributed by atoms with E-state index in [1.54, 1.807) is 0 Å². The number of pyridine rings is 1. The fourth-order valence-electron chi connectivity index (χ4n) is 9.21. The van der Waals surface area contributed by atoms with E-state index in [9.17, 15) is 0 Å². The van der Waals surface area contributed by atoms with Gasteiger partial charge in [-0.1, -0.05) is 109 Å². The largest absolute Gasteiger partial charge is 0.309 e. The van der Waals surface area contributed by atoms with Crippen LogP contribution in [0.15, 0.2) is 206 Å². The van der Waals surface area contributed by atoms with E-state index in [-0.39, 0.29) is 0 Å². The van der Waals surface area contributed by atoms with Crippen molar-refractivity contribution < 1.29 is 0 Å². The first-order chi connectivity index (χ1) is 28.3. The van der Waals surface area contributed by atoms with Crippen molar-refractivity contribution in [1.29, 1.82) is 0 Å². The lowest BCUT2D eigenvalue weighted by molar-refractivity contribution is 1.08. The molecule has 0 radical (unpaired) electrons. The van der Waals surface area contributed by atoms with Crippen LogP contribution < -0.4 is 0 Å². The molecule has 12 rings (SSSR count). The molecule has 0 spiro atoms. The Kier molecular flexibility index (Phi) is 6.89. The highest BCUT2D eigenvalue weighted by Gasteiger charge is 2.21. The number of rotatable bonds is 5. The maximum atomic E-state index is 4.77. The fourth-order valence-corrected chi connectivity index (χ4v) is 9.21. The van der Waals surface area contributed by atoms with Crippen molar-refractivity contribution in [3.8, 4) is 39.4 Å². The molecule has 0 amide bonds. The van der Waals surface area contributed by atoms with E-state index in [2.05, 4.69) is 208 Å². The van der Waals surface area contributed by atoms with Gasteiger partial charge in [-0.3, -0.25) is 4.57 Å². The number of benzene rings is 8. The van der Waals surface area contributed by atoms with Gasteiger partial charge in [0.1, 0.15) is 5.82 Å². The summed E-state index contributed by atoms with van der Waals surface area (Å²) in [7, 11) is 0. The van der Waals surface area contributed by atoms with E-state index in [0.29, 0.717) is 0 Å². The minimum Gasteiger partial charge on any atom is -0.309 e. The van der Waals surface area contributed by atoms with Crippen LogP contribution in [0.5, 0.6) is 0 Å². The third-order valence-corrected chi connectivity index (χ3v) is 11.7. The molecular formula is C53H34N4. The number of fused-ring (bicyclic) bond motifs is 9. The molecule has 4 nitrogen and oxygen atoms in total. The predicted molar refractivity (Wildman–Crippen MR) is 238 cm³/mol. The predicted octanol–water partition coefficient (Wildman–Crippen LogP) is 13.7. The minimum atomic E-state index is 0.911. The number of aromatic nitrogens is 4. The number of hydrogen-bond acceptors (Lipinski definition) is 1. The summed E-state index contributed by atoms with van der Waals surface area (Å²) in [5, 5.41) is 7.35. The van der Waals surface area contributed by atoms with Crippen LogP contribution in [0.3, 0.4) is 0 Å². The zero-order valence-electron chi connectivity index (χ0n) is 30.9. The van der Waals surface area contributed by atoms with E-state index in [1.807, 2.05) is 12.3 Å². The van der Waals surface area contributed by atoms with E-state index >= 15 is 0 Å². The second-order valence-corrected chi connectivity index (χ2v) is 14.8. The van der Waals surface area contributed by atoms with E-state index in [1.165, 1.54) is 76.6 Å². The van der Waals surface area contributed by atoms with E-state index in [4.69, 9.17) is 4.98 Å². The Morgan fingerprint density at radius 1 is 0.298 bits per heavy atom. The highest BCUT2D eigenvalue weighted by atomic mass is 15.1. The van der Waals surface area contributed by atoms with Crippen LogP contribution in [-0.4, -0.2) is 18.7 Å². The van der Waals surface area contributed by atoms with Crippen LogP contribution in [0.1, 0.15) is 0 Å². The zero-order valence-corrected chi connectivity index (χ0v) is 30.9. The van der Waals surface area contributed by atoms with E-state index in [0.717, 1.165) is 28.2 Å². The summed E-state index contributed by atoms with van der Waals surface area (Å²) < 4.78 is 7.11. The van der Waals surface area contributed by atoms with Crippen molar-refractivity contribution in [2.24, 2.45) is 0 Å². The summed E-state index contributed by atoms with van der Waals surface area (Å²) in [6.45, 7) is 0. The molecule has 0 fully saturated rings. The van der Waals surface area contributed by atoms with Gasteiger partial charge in [-0.2, -0.15) is 0 Å². The Morgan fingerprint density at radius 2 is 0.772 bits per heavy atom. The number of nitrogens with zero attached hydrogens (tertiary/aromatic N) is 4. The van der Waals surface area contributed by atoms with Crippen molar-refractivity contribution in [2.75, 3.05) is 0 Å². The van der Waals surface area contributed by atoms with Gasteiger partial charge in [0.2, 0.25) is 0 Å². The quantitative estimate of drug-likeness (QED) is 0.174. The second-order valence-electron chi connectivity index (χ2n) is 14.8. The molecule has 4 aromatic heterocycles. The molecule has 266 valence electrons. The highest BCUT2D eigenvalue weighted by Crippen LogP contribution is 2.44. The minimum absolute atomic E-state index is 0.911. The van der Waals surface area contributed by atoms with Crippen LogP contribution in [0.4, 0.5) is 0 Å². The Bertz CT molecular complexity index is 3500. The first-order valence-electron chi connectivity index (χ1n) is 19.5. The third kappa shape index (κ3) is 4.77. The van der Waals surface area contributed by atoms with Gasteiger partial charge in [-0.15, -0.1) is 0 Å². The Labute approximate surface area is 328 Å². The first-order valence-corrected chi connectivity index (χ1v) is 19.5. The first kappa shape index (κ1) is 31.6. The molecule has 0 aliphatic rings. The lowest BCUT2D eigenvalue weighted by atomic mass is 9.94. The molecule has 12 aromatic rings. The van der Waals surface area contributed by atoms with Crippen LogP contribution in [0.2, 0.25) is 0 Å². The lowest BCUT2D eigenvalue weighted by Gasteiger charge is -2.14. The van der Waals surface area contributed by atoms with Crippen molar-refractivity contribution in [3.63, 3.8) is 0 Å². The third-order valence-electron chi connectivity index (χ3n) is 11.7. The zero-order chi connectivity index (χ0) is 37.5. The highest BCUT2D eigenvalue weighted by molar-refractivity contribution is 6.17. The topological polar surface area (TPSA) is 27.7 Å². The van der Waals surface area contributed by atoms with Crippen LogP contribution in [0, 0.1) is 0 Å². The molecule has 4 heterocycles. The average molecular weight is 727 g/mol. The molecule has 0 aliphatic heterocycles. The van der Waals surface area contributed by atoms with Gasteiger partial charge < -0.3 is 9.13 Å². The Hall–Kier alpha value is -7.69. The molecule has 0 unspecified atom stereocenters. The summed E-state index contributed by atoms with van der Waals surface area (Å²) >= 11 is 0. The SMILES string of the molecule is c1ccc(-n2c3ccccc3c3cc(-c4cc(-c5ccc6c(c5)c5ccccc5n6-c5ccccn5)c5c(c4)c4ccccc4n5-c4ccccc4)ccc32)cc1. The van der Waals surface area contributed by atoms with Crippen LogP contribution in [-0.2, 0) is 0 Å². The van der Waals surface area contributed by atoms with Crippen molar-refractivity contribution >= 4 is 65.4 Å². The van der Waals surface area contributed by atoms with Gasteiger partial charge in [-0.25, -0.2) is 4.98 Å². The van der Waals surface area contributed by atoms with Gasteiger partial charge in [-0.05, 0) is 108 Å².